The lowest BCUT2D eigenvalue weighted by atomic mass is 10.1. The van der Waals surface area contributed by atoms with E-state index in [9.17, 15) is 19.7 Å². The average molecular weight is 250 g/mol. The Labute approximate surface area is 102 Å². The van der Waals surface area contributed by atoms with E-state index in [0.717, 1.165) is 0 Å². The minimum atomic E-state index is -0.684. The van der Waals surface area contributed by atoms with Crippen molar-refractivity contribution in [2.24, 2.45) is 0 Å². The second kappa shape index (κ2) is 4.78. The van der Waals surface area contributed by atoms with Gasteiger partial charge in [-0.25, -0.2) is 4.98 Å². The minimum Gasteiger partial charge on any atom is -0.353 e. The Morgan fingerprint density at radius 2 is 2.28 bits per heavy atom. The number of amides is 2. The summed E-state index contributed by atoms with van der Waals surface area (Å²) in [4.78, 5) is 36.5. The third-order valence-corrected chi connectivity index (χ3v) is 2.53. The van der Waals surface area contributed by atoms with Gasteiger partial charge in [0.25, 0.3) is 0 Å². The number of rotatable bonds is 3. The lowest BCUT2D eigenvalue weighted by Crippen LogP contribution is -2.47. The molecule has 1 aliphatic rings. The summed E-state index contributed by atoms with van der Waals surface area (Å²) in [6.07, 6.45) is 1.88. The van der Waals surface area contributed by atoms with Crippen molar-refractivity contribution in [3.63, 3.8) is 0 Å². The summed E-state index contributed by atoms with van der Waals surface area (Å²) in [6, 6.07) is 2.05. The maximum atomic E-state index is 11.5. The fourth-order valence-electron chi connectivity index (χ4n) is 1.65. The molecule has 1 aromatic rings. The molecule has 0 aromatic carbocycles. The number of piperidine rings is 1. The van der Waals surface area contributed by atoms with E-state index >= 15 is 0 Å². The fourth-order valence-corrected chi connectivity index (χ4v) is 1.65. The van der Waals surface area contributed by atoms with E-state index in [-0.39, 0.29) is 23.8 Å². The van der Waals surface area contributed by atoms with Gasteiger partial charge in [0.2, 0.25) is 17.6 Å². The lowest BCUT2D eigenvalue weighted by molar-refractivity contribution is -0.384. The van der Waals surface area contributed by atoms with Crippen molar-refractivity contribution in [2.45, 2.75) is 18.9 Å². The molecule has 2 N–H and O–H groups in total. The number of carbonyl (C=O) groups is 2. The van der Waals surface area contributed by atoms with Gasteiger partial charge in [-0.15, -0.1) is 0 Å². The number of carbonyl (C=O) groups excluding carboxylic acids is 2. The van der Waals surface area contributed by atoms with E-state index in [4.69, 9.17) is 0 Å². The molecule has 1 atom stereocenters. The number of imide groups is 1. The predicted molar refractivity (Wildman–Crippen MR) is 60.7 cm³/mol. The van der Waals surface area contributed by atoms with Crippen LogP contribution in [0.5, 0.6) is 0 Å². The van der Waals surface area contributed by atoms with Crippen molar-refractivity contribution in [3.05, 3.63) is 28.4 Å². The summed E-state index contributed by atoms with van der Waals surface area (Å²) >= 11 is 0. The van der Waals surface area contributed by atoms with E-state index in [2.05, 4.69) is 15.6 Å². The van der Waals surface area contributed by atoms with Gasteiger partial charge in [-0.3, -0.25) is 25.0 Å². The van der Waals surface area contributed by atoms with E-state index in [0.29, 0.717) is 6.42 Å². The van der Waals surface area contributed by atoms with Gasteiger partial charge < -0.3 is 5.32 Å². The summed E-state index contributed by atoms with van der Waals surface area (Å²) in [5, 5.41) is 15.6. The minimum absolute atomic E-state index is 0.0250. The first-order chi connectivity index (χ1) is 8.58. The van der Waals surface area contributed by atoms with Crippen LogP contribution in [0, 0.1) is 10.1 Å². The lowest BCUT2D eigenvalue weighted by Gasteiger charge is -2.21. The Balaban J connectivity index is 2.17. The molecule has 8 nitrogen and oxygen atoms in total. The molecule has 2 amide bonds. The van der Waals surface area contributed by atoms with Crippen molar-refractivity contribution < 1.29 is 14.5 Å². The zero-order valence-electron chi connectivity index (χ0n) is 9.25. The molecule has 0 spiro atoms. The van der Waals surface area contributed by atoms with Crippen molar-refractivity contribution >= 4 is 23.3 Å². The molecule has 1 saturated heterocycles. The number of anilines is 1. The Morgan fingerprint density at radius 3 is 2.94 bits per heavy atom. The highest BCUT2D eigenvalue weighted by molar-refractivity contribution is 6.01. The number of nitrogens with zero attached hydrogens (tertiary/aromatic N) is 2. The van der Waals surface area contributed by atoms with Gasteiger partial charge in [-0.1, -0.05) is 0 Å². The van der Waals surface area contributed by atoms with Crippen LogP contribution in [0.15, 0.2) is 18.3 Å². The third-order valence-electron chi connectivity index (χ3n) is 2.53. The summed E-state index contributed by atoms with van der Waals surface area (Å²) in [7, 11) is 0. The topological polar surface area (TPSA) is 114 Å². The number of nitro groups is 1. The Morgan fingerprint density at radius 1 is 1.50 bits per heavy atom. The van der Waals surface area contributed by atoms with Crippen LogP contribution in [0.1, 0.15) is 12.8 Å². The van der Waals surface area contributed by atoms with Crippen molar-refractivity contribution in [1.29, 1.82) is 0 Å². The zero-order valence-corrected chi connectivity index (χ0v) is 9.25. The number of nitrogens with one attached hydrogen (secondary N) is 2. The molecule has 8 heteroatoms. The normalized spacial score (nSPS) is 19.2. The Bertz CT molecular complexity index is 516. The smallest absolute Gasteiger partial charge is 0.311 e. The van der Waals surface area contributed by atoms with Crippen molar-refractivity contribution in [3.8, 4) is 0 Å². The van der Waals surface area contributed by atoms with Crippen LogP contribution in [0.4, 0.5) is 11.5 Å². The highest BCUT2D eigenvalue weighted by Gasteiger charge is 2.28. The van der Waals surface area contributed by atoms with E-state index in [1.54, 1.807) is 0 Å². The highest BCUT2D eigenvalue weighted by atomic mass is 16.6. The first kappa shape index (κ1) is 12.0. The van der Waals surface area contributed by atoms with Gasteiger partial charge in [0.05, 0.1) is 4.92 Å². The standard InChI is InChI=1S/C10H10N4O4/c15-8-4-3-6(10(16)13-8)12-9-7(14(17)18)2-1-5-11-9/h1-2,5-6H,3-4H2,(H,11,12)(H,13,15,16). The molecular formula is C10H10N4O4. The largest absolute Gasteiger partial charge is 0.353 e. The molecule has 1 unspecified atom stereocenters. The van der Waals surface area contributed by atoms with Crippen LogP contribution >= 0.6 is 0 Å². The maximum absolute atomic E-state index is 11.5. The molecule has 0 bridgehead atoms. The number of pyridine rings is 1. The number of aromatic nitrogens is 1. The zero-order chi connectivity index (χ0) is 13.1. The van der Waals surface area contributed by atoms with Gasteiger partial charge in [-0.2, -0.15) is 0 Å². The first-order valence-corrected chi connectivity index (χ1v) is 5.27. The quantitative estimate of drug-likeness (QED) is 0.450. The fraction of sp³-hybridized carbons (Fsp3) is 0.300. The predicted octanol–water partition coefficient (Wildman–Crippen LogP) is 0.207. The molecule has 94 valence electrons. The molecule has 1 aromatic heterocycles. The van der Waals surface area contributed by atoms with Gasteiger partial charge in [-0.05, 0) is 12.5 Å². The molecule has 1 aliphatic heterocycles. The monoisotopic (exact) mass is 250 g/mol. The van der Waals surface area contributed by atoms with Crippen LogP contribution < -0.4 is 10.6 Å². The molecule has 0 radical (unpaired) electrons. The first-order valence-electron chi connectivity index (χ1n) is 5.27. The SMILES string of the molecule is O=C1CCC(Nc2ncccc2[N+](=O)[O-])C(=O)N1. The second-order valence-electron chi connectivity index (χ2n) is 3.78. The van der Waals surface area contributed by atoms with Crippen LogP contribution in [-0.4, -0.2) is 27.8 Å². The second-order valence-corrected chi connectivity index (χ2v) is 3.78. The van der Waals surface area contributed by atoms with E-state index in [1.165, 1.54) is 18.3 Å². The number of hydrogen-bond donors (Lipinski definition) is 2. The molecule has 18 heavy (non-hydrogen) atoms. The summed E-state index contributed by atoms with van der Waals surface area (Å²) < 4.78 is 0. The Kier molecular flexibility index (Phi) is 3.18. The molecule has 1 fully saturated rings. The summed E-state index contributed by atoms with van der Waals surface area (Å²) in [5.41, 5.74) is -0.206. The van der Waals surface area contributed by atoms with Crippen molar-refractivity contribution in [1.82, 2.24) is 10.3 Å². The van der Waals surface area contributed by atoms with Gasteiger partial charge >= 0.3 is 5.69 Å². The average Bonchev–Trinajstić information content (AvgIpc) is 2.33. The van der Waals surface area contributed by atoms with Gasteiger partial charge in [0.1, 0.15) is 6.04 Å². The summed E-state index contributed by atoms with van der Waals surface area (Å²) in [6.45, 7) is 0. The highest BCUT2D eigenvalue weighted by Crippen LogP contribution is 2.22. The van der Waals surface area contributed by atoms with Gasteiger partial charge in [0, 0.05) is 18.7 Å². The van der Waals surface area contributed by atoms with Crippen LogP contribution in [0.25, 0.3) is 0 Å². The molecule has 0 aliphatic carbocycles. The Hall–Kier alpha value is -2.51. The number of hydrogen-bond acceptors (Lipinski definition) is 6. The van der Waals surface area contributed by atoms with E-state index < -0.39 is 16.9 Å². The van der Waals surface area contributed by atoms with Crippen molar-refractivity contribution in [2.75, 3.05) is 5.32 Å². The molecule has 2 rings (SSSR count). The summed E-state index contributed by atoms with van der Waals surface area (Å²) in [5.74, 6) is -0.809. The van der Waals surface area contributed by atoms with Gasteiger partial charge in [0.15, 0.2) is 0 Å². The van der Waals surface area contributed by atoms with E-state index in [1.807, 2.05) is 0 Å². The third kappa shape index (κ3) is 2.42. The molecule has 2 heterocycles. The van der Waals surface area contributed by atoms with Crippen LogP contribution in [0.3, 0.4) is 0 Å². The van der Waals surface area contributed by atoms with Crippen LogP contribution in [0.2, 0.25) is 0 Å². The molecule has 0 saturated carbocycles. The van der Waals surface area contributed by atoms with Crippen LogP contribution in [-0.2, 0) is 9.59 Å². The molecular weight excluding hydrogens is 240 g/mol. The maximum Gasteiger partial charge on any atom is 0.311 e.